The third-order valence-electron chi connectivity index (χ3n) is 7.87. The molecule has 4 nitrogen and oxygen atoms in total. The molecule has 7 aromatic carbocycles. The van der Waals surface area contributed by atoms with Crippen LogP contribution in [0.15, 0.2) is 182 Å². The molecule has 9 aromatic rings. The van der Waals surface area contributed by atoms with Gasteiger partial charge in [-0.15, -0.1) is 0 Å². The van der Waals surface area contributed by atoms with E-state index in [0.717, 1.165) is 0 Å². The lowest BCUT2D eigenvalue weighted by Gasteiger charge is -2.16. The molecule has 0 saturated heterocycles. The molecule has 0 aliphatic rings. The normalized spacial score (nSPS) is 16.1. The maximum absolute atomic E-state index is 9.59. The van der Waals surface area contributed by atoms with Gasteiger partial charge < -0.3 is 4.57 Å². The summed E-state index contributed by atoms with van der Waals surface area (Å²) < 4.78 is 151. The maximum atomic E-state index is 9.59. The number of fused-ring (bicyclic) bond motifs is 3. The molecule has 230 valence electrons. The van der Waals surface area contributed by atoms with E-state index in [9.17, 15) is 5.48 Å². The van der Waals surface area contributed by atoms with Crippen LogP contribution in [0.4, 0.5) is 0 Å². The van der Waals surface area contributed by atoms with E-state index in [1.54, 1.807) is 0 Å². The van der Waals surface area contributed by atoms with Gasteiger partial charge in [-0.25, -0.2) is 15.0 Å². The number of nitrogens with zero attached hydrogens (tertiary/aromatic N) is 4. The fourth-order valence-electron chi connectivity index (χ4n) is 5.65. The Morgan fingerprint density at radius 2 is 0.959 bits per heavy atom. The number of aromatic nitrogens is 4. The average molecular weight is 644 g/mol. The van der Waals surface area contributed by atoms with Gasteiger partial charge in [0.2, 0.25) is 0 Å². The lowest BCUT2D eigenvalue weighted by atomic mass is 9.99. The van der Waals surface area contributed by atoms with E-state index < -0.39 is 114 Å². The van der Waals surface area contributed by atoms with Crippen molar-refractivity contribution < 1.29 is 23.3 Å². The zero-order valence-electron chi connectivity index (χ0n) is 42.3. The molecule has 0 radical (unpaired) electrons. The molecule has 49 heavy (non-hydrogen) atoms. The number of para-hydroxylation sites is 1. The number of hydrogen-bond acceptors (Lipinski definition) is 3. The summed E-state index contributed by atoms with van der Waals surface area (Å²) in [5.41, 5.74) is -0.846. The van der Waals surface area contributed by atoms with Crippen molar-refractivity contribution in [1.82, 2.24) is 19.5 Å². The second-order valence-electron chi connectivity index (χ2n) is 10.8. The SMILES string of the molecule is [2H]c1c([2H])c([2H])c(-c2cc(-c3nc(-c4ccccc4)nc(-c4ccccc4)n3)ccc2-n2c3c([2H])c([2H])c([2H])c([2H])c3c3c([2H])c(-c4c([2H])c([2H])c([2H])c([2H])c4[2H])c([2H])c([2H])c32)c([2H])c1[2H]. The molecule has 0 aliphatic carbocycles. The van der Waals surface area contributed by atoms with Crippen molar-refractivity contribution in [3.63, 3.8) is 0 Å². The molecule has 9 rings (SSSR count). The second kappa shape index (κ2) is 12.2. The molecule has 0 N–H and O–H groups in total. The van der Waals surface area contributed by atoms with Crippen LogP contribution in [-0.4, -0.2) is 19.5 Å². The third kappa shape index (κ3) is 5.26. The standard InChI is InChI=1S/C45H30N4/c1-5-15-31(16-6-1)35-25-27-42-39(29-35)37-23-13-14-24-40(37)49(42)41-28-26-36(30-38(41)32-17-7-2-8-18-32)45-47-43(33-19-9-3-10-20-33)46-44(48-45)34-21-11-4-12-22-34/h1-30H/i1D,2D,5D,6D,7D,8D,13D,14D,15D,16D,17D,18D,23D,24D,25D,27D,29D. The minimum atomic E-state index is -0.779. The van der Waals surface area contributed by atoms with Gasteiger partial charge in [-0.2, -0.15) is 0 Å². The van der Waals surface area contributed by atoms with Crippen LogP contribution in [0.5, 0.6) is 0 Å². The Morgan fingerprint density at radius 1 is 0.408 bits per heavy atom. The predicted molar refractivity (Wildman–Crippen MR) is 201 cm³/mol. The van der Waals surface area contributed by atoms with Crippen LogP contribution in [0, 0.1) is 0 Å². The Balaban J connectivity index is 1.46. The highest BCUT2D eigenvalue weighted by atomic mass is 15.0. The summed E-state index contributed by atoms with van der Waals surface area (Å²) in [6.07, 6.45) is 0. The van der Waals surface area contributed by atoms with Crippen molar-refractivity contribution >= 4 is 21.8 Å². The van der Waals surface area contributed by atoms with E-state index in [2.05, 4.69) is 0 Å². The Hall–Kier alpha value is -6.65. The Kier molecular flexibility index (Phi) is 3.97. The van der Waals surface area contributed by atoms with Crippen molar-refractivity contribution in [1.29, 1.82) is 0 Å². The minimum absolute atomic E-state index is 0.0957. The van der Waals surface area contributed by atoms with Gasteiger partial charge in [-0.05, 0) is 53.0 Å². The molecular formula is C45H30N4. The van der Waals surface area contributed by atoms with Crippen molar-refractivity contribution in [2.24, 2.45) is 0 Å². The predicted octanol–water partition coefficient (Wildman–Crippen LogP) is 11.3. The summed E-state index contributed by atoms with van der Waals surface area (Å²) in [6, 6.07) is 10.4. The fraction of sp³-hybridized carbons (Fsp3) is 0. The molecule has 0 fully saturated rings. The molecule has 0 amide bonds. The second-order valence-corrected chi connectivity index (χ2v) is 10.8. The van der Waals surface area contributed by atoms with Crippen molar-refractivity contribution in [2.75, 3.05) is 0 Å². The van der Waals surface area contributed by atoms with E-state index in [1.807, 2.05) is 60.7 Å². The van der Waals surface area contributed by atoms with Crippen LogP contribution in [0.1, 0.15) is 23.3 Å². The van der Waals surface area contributed by atoms with Gasteiger partial charge >= 0.3 is 0 Å². The van der Waals surface area contributed by atoms with Gasteiger partial charge in [0.15, 0.2) is 17.5 Å². The van der Waals surface area contributed by atoms with E-state index >= 15 is 0 Å². The van der Waals surface area contributed by atoms with E-state index in [-0.39, 0.29) is 61.7 Å². The van der Waals surface area contributed by atoms with Crippen LogP contribution in [-0.2, 0) is 0 Å². The summed E-state index contributed by atoms with van der Waals surface area (Å²) in [5.74, 6) is 0.662. The summed E-state index contributed by atoms with van der Waals surface area (Å²) in [6.45, 7) is 0. The summed E-state index contributed by atoms with van der Waals surface area (Å²) in [7, 11) is 0. The van der Waals surface area contributed by atoms with Crippen LogP contribution in [0.2, 0.25) is 0 Å². The molecule has 0 saturated carbocycles. The Bertz CT molecular complexity index is 3450. The van der Waals surface area contributed by atoms with Crippen LogP contribution in [0.3, 0.4) is 0 Å². The van der Waals surface area contributed by atoms with Crippen LogP contribution < -0.4 is 0 Å². The number of benzene rings is 7. The highest BCUT2D eigenvalue weighted by Crippen LogP contribution is 2.39. The fourth-order valence-corrected chi connectivity index (χ4v) is 5.65. The van der Waals surface area contributed by atoms with E-state index in [4.69, 9.17) is 32.8 Å². The molecule has 2 heterocycles. The van der Waals surface area contributed by atoms with E-state index in [0.29, 0.717) is 11.1 Å². The molecule has 0 spiro atoms. The first kappa shape index (κ1) is 16.0. The summed E-state index contributed by atoms with van der Waals surface area (Å²) >= 11 is 0. The zero-order chi connectivity index (χ0) is 47.4. The van der Waals surface area contributed by atoms with Gasteiger partial charge in [-0.3, -0.25) is 0 Å². The van der Waals surface area contributed by atoms with Crippen molar-refractivity contribution in [2.45, 2.75) is 0 Å². The third-order valence-corrected chi connectivity index (χ3v) is 7.87. The van der Waals surface area contributed by atoms with Gasteiger partial charge in [0.05, 0.1) is 40.0 Å². The van der Waals surface area contributed by atoms with Gasteiger partial charge in [0.25, 0.3) is 0 Å². The lowest BCUT2D eigenvalue weighted by Crippen LogP contribution is -2.02. The van der Waals surface area contributed by atoms with Gasteiger partial charge in [-0.1, -0.05) is 145 Å². The smallest absolute Gasteiger partial charge is 0.164 e. The van der Waals surface area contributed by atoms with Crippen LogP contribution >= 0.6 is 0 Å². The molecule has 0 unspecified atom stereocenters. The molecule has 0 atom stereocenters. The monoisotopic (exact) mass is 643 g/mol. The Labute approximate surface area is 308 Å². The first-order valence-corrected chi connectivity index (χ1v) is 15.1. The topological polar surface area (TPSA) is 43.6 Å². The van der Waals surface area contributed by atoms with Crippen molar-refractivity contribution in [3.05, 3.63) is 182 Å². The largest absolute Gasteiger partial charge is 0.309 e. The lowest BCUT2D eigenvalue weighted by molar-refractivity contribution is 1.07. The molecule has 2 aromatic heterocycles. The molecule has 0 aliphatic heterocycles. The highest BCUT2D eigenvalue weighted by molar-refractivity contribution is 6.11. The average Bonchev–Trinajstić information content (AvgIpc) is 3.70. The minimum Gasteiger partial charge on any atom is -0.309 e. The molecule has 4 heteroatoms. The molecular weight excluding hydrogens is 597 g/mol. The zero-order valence-corrected chi connectivity index (χ0v) is 25.3. The quantitative estimate of drug-likeness (QED) is 0.181. The Morgan fingerprint density at radius 3 is 1.61 bits per heavy atom. The first-order valence-electron chi connectivity index (χ1n) is 23.6. The van der Waals surface area contributed by atoms with Gasteiger partial charge in [0, 0.05) is 33.0 Å². The van der Waals surface area contributed by atoms with Gasteiger partial charge in [0.1, 0.15) is 0 Å². The molecule has 0 bridgehead atoms. The number of hydrogen-bond donors (Lipinski definition) is 0. The van der Waals surface area contributed by atoms with Crippen LogP contribution in [0.25, 0.3) is 83.9 Å². The summed E-state index contributed by atoms with van der Waals surface area (Å²) in [5, 5.41) is -0.662. The van der Waals surface area contributed by atoms with Crippen molar-refractivity contribution in [3.8, 4) is 62.1 Å². The summed E-state index contributed by atoms with van der Waals surface area (Å²) in [4.78, 5) is 14.3. The highest BCUT2D eigenvalue weighted by Gasteiger charge is 2.19. The van der Waals surface area contributed by atoms with E-state index in [1.165, 1.54) is 22.8 Å². The maximum Gasteiger partial charge on any atom is 0.164 e. The number of rotatable bonds is 6. The first-order chi connectivity index (χ1) is 31.4.